The number of carbonyl (C=O) groups is 2. The number of ketones is 2. The lowest BCUT2D eigenvalue weighted by molar-refractivity contribution is -0.110. The second-order valence-corrected chi connectivity index (χ2v) is 6.11. The lowest BCUT2D eigenvalue weighted by Gasteiger charge is -2.16. The van der Waals surface area contributed by atoms with Crippen LogP contribution in [0.15, 0.2) is 60.7 Å². The van der Waals surface area contributed by atoms with Crippen LogP contribution in [-0.2, 0) is 14.9 Å². The van der Waals surface area contributed by atoms with Crippen molar-refractivity contribution in [2.75, 3.05) is 0 Å². The highest BCUT2D eigenvalue weighted by atomic mass is 32.2. The minimum Gasteiger partial charge on any atom is -0.379 e. The van der Waals surface area contributed by atoms with Gasteiger partial charge in [0.25, 0.3) is 0 Å². The van der Waals surface area contributed by atoms with E-state index in [1.807, 2.05) is 0 Å². The van der Waals surface area contributed by atoms with Gasteiger partial charge in [0.15, 0.2) is 0 Å². The molecule has 3 rings (SSSR count). The number of rotatable bonds is 3. The number of allylic oxidation sites excluding steroid dienone is 1. The number of benzene rings is 2. The fourth-order valence-electron chi connectivity index (χ4n) is 2.15. The zero-order valence-corrected chi connectivity index (χ0v) is 12.0. The minimum atomic E-state index is -4.22. The monoisotopic (exact) mass is 314 g/mol. The largest absolute Gasteiger partial charge is 0.379 e. The van der Waals surface area contributed by atoms with E-state index in [0.717, 1.165) is 6.08 Å². The molecule has 0 heterocycles. The molecular formula is C16H10O5S. The van der Waals surface area contributed by atoms with Gasteiger partial charge in [-0.05, 0) is 12.1 Å². The van der Waals surface area contributed by atoms with Gasteiger partial charge in [0, 0.05) is 17.2 Å². The first kappa shape index (κ1) is 14.2. The number of Topliss-reactive ketones (excluding diaryl/α,β-unsaturated/α-hetero) is 1. The Morgan fingerprint density at radius 2 is 1.36 bits per heavy atom. The highest BCUT2D eigenvalue weighted by molar-refractivity contribution is 7.96. The van der Waals surface area contributed by atoms with E-state index < -0.39 is 21.7 Å². The lowest BCUT2D eigenvalue weighted by atomic mass is 9.95. The summed E-state index contributed by atoms with van der Waals surface area (Å²) >= 11 is 0. The average molecular weight is 314 g/mol. The molecule has 0 aromatic heterocycles. The van der Waals surface area contributed by atoms with E-state index in [2.05, 4.69) is 0 Å². The van der Waals surface area contributed by atoms with Crippen molar-refractivity contribution in [3.05, 3.63) is 71.8 Å². The predicted molar refractivity (Wildman–Crippen MR) is 79.7 cm³/mol. The number of hydrogen-bond acceptors (Lipinski definition) is 5. The molecule has 110 valence electrons. The zero-order valence-electron chi connectivity index (χ0n) is 11.2. The van der Waals surface area contributed by atoms with Crippen LogP contribution < -0.4 is 4.18 Å². The number of para-hydroxylation sites is 1. The van der Waals surface area contributed by atoms with Crippen LogP contribution in [0.3, 0.4) is 0 Å². The Morgan fingerprint density at radius 3 is 2.05 bits per heavy atom. The molecule has 0 atom stereocenters. The third kappa shape index (κ3) is 2.44. The number of hydrogen-bond donors (Lipinski definition) is 0. The van der Waals surface area contributed by atoms with Gasteiger partial charge in [-0.1, -0.05) is 42.5 Å². The molecule has 0 aliphatic heterocycles. The van der Waals surface area contributed by atoms with Crippen molar-refractivity contribution in [1.29, 1.82) is 0 Å². The van der Waals surface area contributed by atoms with Crippen molar-refractivity contribution in [1.82, 2.24) is 0 Å². The molecule has 0 unspecified atom stereocenters. The first-order valence-electron chi connectivity index (χ1n) is 6.38. The van der Waals surface area contributed by atoms with Crippen LogP contribution in [0.5, 0.6) is 5.75 Å². The molecule has 0 saturated heterocycles. The van der Waals surface area contributed by atoms with Crippen molar-refractivity contribution in [2.24, 2.45) is 0 Å². The maximum absolute atomic E-state index is 12.4. The SMILES string of the molecule is O=C1C=C(S(=O)(=O)Oc2ccccc2)c2ccccc2C1=O. The van der Waals surface area contributed by atoms with Crippen molar-refractivity contribution < 1.29 is 22.2 Å². The molecule has 22 heavy (non-hydrogen) atoms. The summed E-state index contributed by atoms with van der Waals surface area (Å²) in [6.45, 7) is 0. The molecule has 0 saturated carbocycles. The number of fused-ring (bicyclic) bond motifs is 1. The highest BCUT2D eigenvalue weighted by Gasteiger charge is 2.33. The van der Waals surface area contributed by atoms with Gasteiger partial charge >= 0.3 is 10.1 Å². The molecular weight excluding hydrogens is 304 g/mol. The van der Waals surface area contributed by atoms with Gasteiger partial charge in [0.1, 0.15) is 10.7 Å². The third-order valence-corrected chi connectivity index (χ3v) is 4.43. The normalized spacial score (nSPS) is 14.3. The van der Waals surface area contributed by atoms with E-state index in [1.54, 1.807) is 30.3 Å². The smallest absolute Gasteiger partial charge is 0.339 e. The fourth-order valence-corrected chi connectivity index (χ4v) is 3.30. The van der Waals surface area contributed by atoms with E-state index in [1.165, 1.54) is 24.3 Å². The Morgan fingerprint density at radius 1 is 0.773 bits per heavy atom. The highest BCUT2D eigenvalue weighted by Crippen LogP contribution is 2.30. The third-order valence-electron chi connectivity index (χ3n) is 3.14. The van der Waals surface area contributed by atoms with E-state index in [4.69, 9.17) is 4.18 Å². The Labute approximate surface area is 127 Å². The summed E-state index contributed by atoms with van der Waals surface area (Å²) in [5.41, 5.74) is 0.230. The molecule has 2 aromatic rings. The molecule has 0 amide bonds. The quantitative estimate of drug-likeness (QED) is 0.641. The summed E-state index contributed by atoms with van der Waals surface area (Å²) < 4.78 is 29.9. The summed E-state index contributed by atoms with van der Waals surface area (Å²) in [6.07, 6.45) is 0.808. The second kappa shape index (κ2) is 5.23. The van der Waals surface area contributed by atoms with Crippen molar-refractivity contribution >= 4 is 26.6 Å². The molecule has 1 aliphatic carbocycles. The van der Waals surface area contributed by atoms with Crippen molar-refractivity contribution in [2.45, 2.75) is 0 Å². The molecule has 0 bridgehead atoms. The molecule has 2 aromatic carbocycles. The van der Waals surface area contributed by atoms with Gasteiger partial charge in [-0.2, -0.15) is 8.42 Å². The first-order valence-corrected chi connectivity index (χ1v) is 7.79. The van der Waals surface area contributed by atoms with Crippen LogP contribution in [0, 0.1) is 0 Å². The Kier molecular flexibility index (Phi) is 3.38. The predicted octanol–water partition coefficient (Wildman–Crippen LogP) is 2.20. The zero-order chi connectivity index (χ0) is 15.7. The lowest BCUT2D eigenvalue weighted by Crippen LogP contribution is -2.23. The van der Waals surface area contributed by atoms with Crippen LogP contribution in [0.25, 0.3) is 4.91 Å². The van der Waals surface area contributed by atoms with Gasteiger partial charge in [-0.25, -0.2) is 0 Å². The van der Waals surface area contributed by atoms with Crippen LogP contribution >= 0.6 is 0 Å². The molecule has 6 heteroatoms. The van der Waals surface area contributed by atoms with E-state index in [9.17, 15) is 18.0 Å². The van der Waals surface area contributed by atoms with Gasteiger partial charge in [0.05, 0.1) is 0 Å². The summed E-state index contributed by atoms with van der Waals surface area (Å²) in [7, 11) is -4.22. The fraction of sp³-hybridized carbons (Fsp3) is 0. The summed E-state index contributed by atoms with van der Waals surface area (Å²) in [5, 5.41) is 0. The number of carbonyl (C=O) groups excluding carboxylic acids is 2. The second-order valence-electron chi connectivity index (χ2n) is 4.60. The summed E-state index contributed by atoms with van der Waals surface area (Å²) in [6, 6.07) is 14.0. The van der Waals surface area contributed by atoms with Crippen LogP contribution in [0.4, 0.5) is 0 Å². The average Bonchev–Trinajstić information content (AvgIpc) is 2.51. The summed E-state index contributed by atoms with van der Waals surface area (Å²) in [4.78, 5) is 23.2. The maximum Gasteiger partial charge on any atom is 0.339 e. The Balaban J connectivity index is 2.09. The van der Waals surface area contributed by atoms with Gasteiger partial charge in [-0.15, -0.1) is 0 Å². The van der Waals surface area contributed by atoms with Crippen LogP contribution in [-0.4, -0.2) is 20.0 Å². The van der Waals surface area contributed by atoms with Crippen molar-refractivity contribution in [3.8, 4) is 5.75 Å². The van der Waals surface area contributed by atoms with Crippen LogP contribution in [0.1, 0.15) is 15.9 Å². The van der Waals surface area contributed by atoms with Crippen LogP contribution in [0.2, 0.25) is 0 Å². The van der Waals surface area contributed by atoms with E-state index >= 15 is 0 Å². The van der Waals surface area contributed by atoms with E-state index in [0.29, 0.717) is 0 Å². The van der Waals surface area contributed by atoms with Gasteiger partial charge in [0.2, 0.25) is 11.6 Å². The Hall–Kier alpha value is -2.73. The molecule has 0 N–H and O–H groups in total. The topological polar surface area (TPSA) is 77.5 Å². The molecule has 1 aliphatic rings. The summed E-state index contributed by atoms with van der Waals surface area (Å²) in [5.74, 6) is -1.48. The first-order chi connectivity index (χ1) is 10.5. The van der Waals surface area contributed by atoms with Crippen molar-refractivity contribution in [3.63, 3.8) is 0 Å². The molecule has 0 fully saturated rings. The van der Waals surface area contributed by atoms with Gasteiger partial charge in [-0.3, -0.25) is 9.59 Å². The molecule has 0 spiro atoms. The maximum atomic E-state index is 12.4. The van der Waals surface area contributed by atoms with E-state index in [-0.39, 0.29) is 21.8 Å². The molecule has 5 nitrogen and oxygen atoms in total. The Bertz CT molecular complexity index is 895. The minimum absolute atomic E-state index is 0.0604. The molecule has 0 radical (unpaired) electrons. The van der Waals surface area contributed by atoms with Gasteiger partial charge < -0.3 is 4.18 Å². The standard InChI is InChI=1S/C16H10O5S/c17-14-10-15(12-8-4-5-9-13(12)16(14)18)22(19,20)21-11-6-2-1-3-7-11/h1-10H.